The van der Waals surface area contributed by atoms with E-state index in [1.54, 1.807) is 32.9 Å². The average Bonchev–Trinajstić information content (AvgIpc) is 2.49. The van der Waals surface area contributed by atoms with Crippen LogP contribution in [0.2, 0.25) is 0 Å². The Bertz CT molecular complexity index is 588. The monoisotopic (exact) mass is 342 g/mol. The number of alkyl halides is 2. The van der Waals surface area contributed by atoms with Crippen molar-refractivity contribution >= 4 is 5.97 Å². The fourth-order valence-corrected chi connectivity index (χ4v) is 2.98. The summed E-state index contributed by atoms with van der Waals surface area (Å²) >= 11 is 0. The molecule has 0 spiro atoms. The zero-order valence-electron chi connectivity index (χ0n) is 14.6. The van der Waals surface area contributed by atoms with Gasteiger partial charge in [0.1, 0.15) is 17.7 Å². The van der Waals surface area contributed by atoms with E-state index in [4.69, 9.17) is 9.47 Å². The van der Waals surface area contributed by atoms with Gasteiger partial charge < -0.3 is 9.47 Å². The predicted molar refractivity (Wildman–Crippen MR) is 85.3 cm³/mol. The Morgan fingerprint density at radius 1 is 1.38 bits per heavy atom. The van der Waals surface area contributed by atoms with Gasteiger partial charge in [0.25, 0.3) is 0 Å². The molecular formula is C17H24F2N2O3. The van der Waals surface area contributed by atoms with E-state index in [-0.39, 0.29) is 6.54 Å². The fraction of sp³-hybridized carbons (Fsp3) is 0.647. The van der Waals surface area contributed by atoms with Crippen LogP contribution < -0.4 is 10.1 Å². The molecule has 1 aliphatic heterocycles. The first-order valence-electron chi connectivity index (χ1n) is 7.84. The molecule has 0 amide bonds. The second kappa shape index (κ2) is 6.63. The van der Waals surface area contributed by atoms with Gasteiger partial charge in [-0.15, -0.1) is 0 Å². The lowest BCUT2D eigenvalue weighted by Crippen LogP contribution is -2.62. The van der Waals surface area contributed by atoms with Crippen LogP contribution in [0.4, 0.5) is 8.78 Å². The van der Waals surface area contributed by atoms with E-state index in [2.05, 4.69) is 10.3 Å². The third kappa shape index (κ3) is 3.50. The number of pyridine rings is 1. The van der Waals surface area contributed by atoms with Crippen molar-refractivity contribution in [1.29, 1.82) is 0 Å². The molecule has 1 fully saturated rings. The van der Waals surface area contributed by atoms with Gasteiger partial charge in [0, 0.05) is 18.8 Å². The van der Waals surface area contributed by atoms with Crippen LogP contribution in [0.1, 0.15) is 33.3 Å². The number of hydrogen-bond donors (Lipinski definition) is 1. The van der Waals surface area contributed by atoms with Crippen LogP contribution in [0.25, 0.3) is 0 Å². The van der Waals surface area contributed by atoms with Crippen molar-refractivity contribution < 1.29 is 23.0 Å². The van der Waals surface area contributed by atoms with Gasteiger partial charge in [0.05, 0.1) is 12.5 Å². The summed E-state index contributed by atoms with van der Waals surface area (Å²) in [6, 6.07) is 3.15. The van der Waals surface area contributed by atoms with Crippen LogP contribution >= 0.6 is 0 Å². The molecule has 1 aliphatic rings. The highest BCUT2D eigenvalue weighted by molar-refractivity contribution is 5.76. The van der Waals surface area contributed by atoms with E-state index in [9.17, 15) is 13.6 Å². The zero-order valence-corrected chi connectivity index (χ0v) is 14.6. The molecule has 2 heterocycles. The Labute approximate surface area is 140 Å². The highest BCUT2D eigenvalue weighted by atomic mass is 19.1. The molecule has 2 rings (SSSR count). The van der Waals surface area contributed by atoms with Gasteiger partial charge in [0.15, 0.2) is 6.30 Å². The number of methoxy groups -OCH3 is 1. The number of nitrogens with one attached hydrogen (secondary N) is 1. The molecule has 0 radical (unpaired) electrons. The van der Waals surface area contributed by atoms with Crippen molar-refractivity contribution in [3.63, 3.8) is 0 Å². The minimum atomic E-state index is -1.61. The van der Waals surface area contributed by atoms with E-state index in [0.717, 1.165) is 0 Å². The molecule has 4 atom stereocenters. The lowest BCUT2D eigenvalue weighted by atomic mass is 9.67. The summed E-state index contributed by atoms with van der Waals surface area (Å²) in [5, 5.41) is 2.49. The molecule has 7 heteroatoms. The van der Waals surface area contributed by atoms with E-state index >= 15 is 0 Å². The first kappa shape index (κ1) is 18.6. The van der Waals surface area contributed by atoms with Crippen LogP contribution in [0.15, 0.2) is 18.3 Å². The first-order chi connectivity index (χ1) is 11.1. The fourth-order valence-electron chi connectivity index (χ4n) is 2.98. The van der Waals surface area contributed by atoms with Crippen LogP contribution in [0, 0.1) is 5.92 Å². The maximum absolute atomic E-state index is 14.8. The summed E-state index contributed by atoms with van der Waals surface area (Å²) in [6.07, 6.45) is -1.78. The number of aromatic nitrogens is 1. The summed E-state index contributed by atoms with van der Waals surface area (Å²) in [5.41, 5.74) is -1.83. The predicted octanol–water partition coefficient (Wildman–Crippen LogP) is 2.54. The maximum Gasteiger partial charge on any atom is 0.313 e. The standard InChI is InChI=1S/C17H24F2N2O3/c1-16(2,3)24-14(22)13-11(18)9-21-15(19)17(13,4)10-6-7-12(23-5)20-8-10/h6-8,11,13,15,21H,9H2,1-5H3. The van der Waals surface area contributed by atoms with Crippen LogP contribution in [-0.4, -0.2) is 42.7 Å². The second-order valence-corrected chi connectivity index (χ2v) is 7.17. The van der Waals surface area contributed by atoms with Gasteiger partial charge in [-0.2, -0.15) is 0 Å². The second-order valence-electron chi connectivity index (χ2n) is 7.17. The van der Waals surface area contributed by atoms with Crippen molar-refractivity contribution in [2.45, 2.75) is 51.2 Å². The SMILES string of the molecule is COc1ccc(C2(C)C(F)NCC(F)C2C(=O)OC(C)(C)C)cn1. The number of halogens is 2. The molecule has 5 nitrogen and oxygen atoms in total. The van der Waals surface area contributed by atoms with Gasteiger partial charge in [0.2, 0.25) is 5.88 Å². The van der Waals surface area contributed by atoms with Crippen LogP contribution in [0.3, 0.4) is 0 Å². The molecule has 0 aromatic carbocycles. The van der Waals surface area contributed by atoms with Gasteiger partial charge in [-0.1, -0.05) is 13.0 Å². The molecule has 24 heavy (non-hydrogen) atoms. The molecule has 1 aromatic rings. The molecule has 134 valence electrons. The molecule has 0 aliphatic carbocycles. The number of ether oxygens (including phenoxy) is 2. The highest BCUT2D eigenvalue weighted by Crippen LogP contribution is 2.43. The van der Waals surface area contributed by atoms with E-state index in [1.807, 2.05) is 0 Å². The number of esters is 1. The highest BCUT2D eigenvalue weighted by Gasteiger charge is 2.55. The summed E-state index contributed by atoms with van der Waals surface area (Å²) in [5.74, 6) is -1.67. The van der Waals surface area contributed by atoms with Gasteiger partial charge in [-0.05, 0) is 26.3 Å². The van der Waals surface area contributed by atoms with Gasteiger partial charge in [-0.25, -0.2) is 13.8 Å². The summed E-state index contributed by atoms with van der Waals surface area (Å²) in [7, 11) is 1.46. The number of piperidine rings is 1. The lowest BCUT2D eigenvalue weighted by Gasteiger charge is -2.45. The Morgan fingerprint density at radius 3 is 2.54 bits per heavy atom. The summed E-state index contributed by atoms with van der Waals surface area (Å²) in [6.45, 7) is 6.34. The number of hydrogen-bond acceptors (Lipinski definition) is 5. The van der Waals surface area contributed by atoms with Gasteiger partial charge >= 0.3 is 5.97 Å². The normalized spacial score (nSPS) is 30.7. The minimum absolute atomic E-state index is 0.246. The molecule has 1 aromatic heterocycles. The Morgan fingerprint density at radius 2 is 2.04 bits per heavy atom. The quantitative estimate of drug-likeness (QED) is 0.676. The Hall–Kier alpha value is -1.76. The molecule has 0 saturated carbocycles. The third-order valence-electron chi connectivity index (χ3n) is 4.25. The number of carbonyl (C=O) groups excluding carboxylic acids is 1. The average molecular weight is 342 g/mol. The molecule has 1 saturated heterocycles. The molecule has 1 N–H and O–H groups in total. The number of carbonyl (C=O) groups is 1. The molecule has 4 unspecified atom stereocenters. The lowest BCUT2D eigenvalue weighted by molar-refractivity contribution is -0.170. The Kier molecular flexibility index (Phi) is 5.13. The van der Waals surface area contributed by atoms with Crippen LogP contribution in [-0.2, 0) is 14.9 Å². The maximum atomic E-state index is 14.8. The van der Waals surface area contributed by atoms with E-state index < -0.39 is 35.4 Å². The van der Waals surface area contributed by atoms with Crippen molar-refractivity contribution in [3.05, 3.63) is 23.9 Å². The third-order valence-corrected chi connectivity index (χ3v) is 4.25. The summed E-state index contributed by atoms with van der Waals surface area (Å²) in [4.78, 5) is 16.6. The van der Waals surface area contributed by atoms with E-state index in [0.29, 0.717) is 11.4 Å². The first-order valence-corrected chi connectivity index (χ1v) is 7.84. The van der Waals surface area contributed by atoms with Crippen molar-refractivity contribution in [3.8, 4) is 5.88 Å². The number of nitrogens with zero attached hydrogens (tertiary/aromatic N) is 1. The zero-order chi connectivity index (χ0) is 18.1. The smallest absolute Gasteiger partial charge is 0.313 e. The van der Waals surface area contributed by atoms with E-state index in [1.165, 1.54) is 20.2 Å². The van der Waals surface area contributed by atoms with Crippen LogP contribution in [0.5, 0.6) is 5.88 Å². The minimum Gasteiger partial charge on any atom is -0.481 e. The van der Waals surface area contributed by atoms with Crippen molar-refractivity contribution in [1.82, 2.24) is 10.3 Å². The van der Waals surface area contributed by atoms with Crippen molar-refractivity contribution in [2.24, 2.45) is 5.92 Å². The van der Waals surface area contributed by atoms with Crippen molar-refractivity contribution in [2.75, 3.05) is 13.7 Å². The molecule has 0 bridgehead atoms. The Balaban J connectivity index is 2.44. The summed E-state index contributed by atoms with van der Waals surface area (Å²) < 4.78 is 39.7. The number of rotatable bonds is 3. The largest absolute Gasteiger partial charge is 0.481 e. The molecular weight excluding hydrogens is 318 g/mol. The van der Waals surface area contributed by atoms with Gasteiger partial charge in [-0.3, -0.25) is 10.1 Å². The topological polar surface area (TPSA) is 60.5 Å².